The number of nitrogens with zero attached hydrogens (tertiary/aromatic N) is 1. The van der Waals surface area contributed by atoms with E-state index < -0.39 is 6.10 Å². The molecule has 120 valence electrons. The number of hydrogen-bond acceptors (Lipinski definition) is 2. The van der Waals surface area contributed by atoms with Crippen LogP contribution in [-0.4, -0.2) is 18.2 Å². The maximum Gasteiger partial charge on any atom is 0.0772 e. The zero-order valence-corrected chi connectivity index (χ0v) is 15.7. The van der Waals surface area contributed by atoms with Crippen LogP contribution in [0.3, 0.4) is 0 Å². The SMILES string of the molecule is CC(C)CCN(CCC(C)C)c1ccc([C@@H](C)O)c(Br)c1. The summed E-state index contributed by atoms with van der Waals surface area (Å²) < 4.78 is 0.995. The van der Waals surface area contributed by atoms with Gasteiger partial charge in [0.1, 0.15) is 0 Å². The number of benzene rings is 1. The van der Waals surface area contributed by atoms with Gasteiger partial charge in [-0.15, -0.1) is 0 Å². The van der Waals surface area contributed by atoms with Crippen molar-refractivity contribution < 1.29 is 5.11 Å². The van der Waals surface area contributed by atoms with Crippen LogP contribution in [0.2, 0.25) is 0 Å². The first-order valence-electron chi connectivity index (χ1n) is 8.03. The Kier molecular flexibility index (Phi) is 7.75. The highest BCUT2D eigenvalue weighted by Crippen LogP contribution is 2.29. The average Bonchev–Trinajstić information content (AvgIpc) is 2.37. The van der Waals surface area contributed by atoms with Crippen molar-refractivity contribution >= 4 is 21.6 Å². The van der Waals surface area contributed by atoms with Gasteiger partial charge in [-0.3, -0.25) is 0 Å². The molecular weight excluding hydrogens is 326 g/mol. The van der Waals surface area contributed by atoms with Crippen LogP contribution in [0.5, 0.6) is 0 Å². The van der Waals surface area contributed by atoms with Gasteiger partial charge in [0, 0.05) is 23.2 Å². The highest BCUT2D eigenvalue weighted by Gasteiger charge is 2.12. The summed E-state index contributed by atoms with van der Waals surface area (Å²) in [6, 6.07) is 6.30. The molecule has 3 heteroatoms. The van der Waals surface area contributed by atoms with Crippen LogP contribution in [0.4, 0.5) is 5.69 Å². The number of aliphatic hydroxyl groups is 1. The van der Waals surface area contributed by atoms with E-state index in [0.29, 0.717) is 11.8 Å². The van der Waals surface area contributed by atoms with Gasteiger partial charge in [0.15, 0.2) is 0 Å². The molecule has 0 unspecified atom stereocenters. The van der Waals surface area contributed by atoms with Crippen LogP contribution in [0.15, 0.2) is 22.7 Å². The van der Waals surface area contributed by atoms with Gasteiger partial charge in [-0.05, 0) is 49.3 Å². The predicted molar refractivity (Wildman–Crippen MR) is 95.9 cm³/mol. The lowest BCUT2D eigenvalue weighted by molar-refractivity contribution is 0.198. The van der Waals surface area contributed by atoms with E-state index in [2.05, 4.69) is 60.7 Å². The summed E-state index contributed by atoms with van der Waals surface area (Å²) in [5.74, 6) is 1.43. The smallest absolute Gasteiger partial charge is 0.0772 e. The minimum Gasteiger partial charge on any atom is -0.389 e. The van der Waals surface area contributed by atoms with Gasteiger partial charge in [-0.2, -0.15) is 0 Å². The van der Waals surface area contributed by atoms with E-state index >= 15 is 0 Å². The summed E-state index contributed by atoms with van der Waals surface area (Å²) in [7, 11) is 0. The summed E-state index contributed by atoms with van der Waals surface area (Å²) in [5.41, 5.74) is 2.19. The van der Waals surface area contributed by atoms with Crippen molar-refractivity contribution in [1.29, 1.82) is 0 Å². The van der Waals surface area contributed by atoms with E-state index in [0.717, 1.165) is 23.1 Å². The molecule has 1 aromatic rings. The lowest BCUT2D eigenvalue weighted by atomic mass is 10.1. The molecular formula is C18H30BrNO. The maximum absolute atomic E-state index is 9.74. The summed E-state index contributed by atoms with van der Waals surface area (Å²) in [4.78, 5) is 2.47. The summed E-state index contributed by atoms with van der Waals surface area (Å²) in [6.45, 7) is 13.1. The second-order valence-corrected chi connectivity index (χ2v) is 7.59. The Bertz CT molecular complexity index is 417. The van der Waals surface area contributed by atoms with Gasteiger partial charge < -0.3 is 10.0 Å². The van der Waals surface area contributed by atoms with Crippen molar-refractivity contribution in [1.82, 2.24) is 0 Å². The fourth-order valence-electron chi connectivity index (χ4n) is 2.25. The molecule has 0 bridgehead atoms. The minimum atomic E-state index is -0.437. The Morgan fingerprint density at radius 3 is 1.90 bits per heavy atom. The van der Waals surface area contributed by atoms with Crippen LogP contribution < -0.4 is 4.90 Å². The second kappa shape index (κ2) is 8.79. The number of anilines is 1. The molecule has 1 N–H and O–H groups in total. The van der Waals surface area contributed by atoms with Gasteiger partial charge >= 0.3 is 0 Å². The van der Waals surface area contributed by atoms with E-state index in [9.17, 15) is 5.11 Å². The molecule has 0 saturated heterocycles. The Balaban J connectivity index is 2.88. The number of hydrogen-bond donors (Lipinski definition) is 1. The zero-order valence-electron chi connectivity index (χ0n) is 14.1. The summed E-state index contributed by atoms with van der Waals surface area (Å²) in [6.07, 6.45) is 1.97. The predicted octanol–water partition coefficient (Wildman–Crippen LogP) is 5.40. The molecule has 1 atom stereocenters. The molecule has 0 amide bonds. The third kappa shape index (κ3) is 6.39. The van der Waals surface area contributed by atoms with Crippen LogP contribution in [0.1, 0.15) is 59.1 Å². The standard InChI is InChI=1S/C18H30BrNO/c1-13(2)8-10-20(11-9-14(3)4)16-6-7-17(15(5)21)18(19)12-16/h6-7,12-15,21H,8-11H2,1-5H3/t15-/m1/s1. The van der Waals surface area contributed by atoms with Gasteiger partial charge in [0.25, 0.3) is 0 Å². The van der Waals surface area contributed by atoms with Crippen molar-refractivity contribution in [3.05, 3.63) is 28.2 Å². The zero-order chi connectivity index (χ0) is 16.0. The average molecular weight is 356 g/mol. The lowest BCUT2D eigenvalue weighted by Gasteiger charge is -2.27. The van der Waals surface area contributed by atoms with E-state index in [-0.39, 0.29) is 0 Å². The summed E-state index contributed by atoms with van der Waals surface area (Å²) >= 11 is 3.59. The Morgan fingerprint density at radius 1 is 1.00 bits per heavy atom. The molecule has 1 rings (SSSR count). The van der Waals surface area contributed by atoms with Gasteiger partial charge in [-0.1, -0.05) is 49.7 Å². The number of rotatable bonds is 8. The van der Waals surface area contributed by atoms with E-state index in [1.807, 2.05) is 6.07 Å². The van der Waals surface area contributed by atoms with E-state index in [1.165, 1.54) is 18.5 Å². The van der Waals surface area contributed by atoms with Gasteiger partial charge in [-0.25, -0.2) is 0 Å². The van der Waals surface area contributed by atoms with E-state index in [1.54, 1.807) is 6.92 Å². The molecule has 0 fully saturated rings. The molecule has 0 aliphatic rings. The molecule has 0 heterocycles. The molecule has 2 nitrogen and oxygen atoms in total. The van der Waals surface area contributed by atoms with Crippen LogP contribution >= 0.6 is 15.9 Å². The number of halogens is 1. The molecule has 0 saturated carbocycles. The van der Waals surface area contributed by atoms with Crippen molar-refractivity contribution in [2.45, 2.75) is 53.6 Å². The first-order chi connectivity index (χ1) is 9.81. The first-order valence-corrected chi connectivity index (χ1v) is 8.83. The van der Waals surface area contributed by atoms with Crippen LogP contribution in [0, 0.1) is 11.8 Å². The van der Waals surface area contributed by atoms with E-state index in [4.69, 9.17) is 0 Å². The fraction of sp³-hybridized carbons (Fsp3) is 0.667. The fourth-order valence-corrected chi connectivity index (χ4v) is 2.95. The summed E-state index contributed by atoms with van der Waals surface area (Å²) in [5, 5.41) is 9.74. The minimum absolute atomic E-state index is 0.437. The van der Waals surface area contributed by atoms with Crippen LogP contribution in [0.25, 0.3) is 0 Å². The topological polar surface area (TPSA) is 23.5 Å². The maximum atomic E-state index is 9.74. The second-order valence-electron chi connectivity index (χ2n) is 6.73. The molecule has 0 aromatic heterocycles. The van der Waals surface area contributed by atoms with Crippen molar-refractivity contribution in [2.24, 2.45) is 11.8 Å². The first kappa shape index (κ1) is 18.5. The molecule has 0 radical (unpaired) electrons. The quantitative estimate of drug-likeness (QED) is 0.674. The third-order valence-electron chi connectivity index (χ3n) is 3.75. The Morgan fingerprint density at radius 2 is 1.52 bits per heavy atom. The lowest BCUT2D eigenvalue weighted by Crippen LogP contribution is -2.27. The highest BCUT2D eigenvalue weighted by molar-refractivity contribution is 9.10. The molecule has 21 heavy (non-hydrogen) atoms. The molecule has 0 aliphatic carbocycles. The largest absolute Gasteiger partial charge is 0.389 e. The third-order valence-corrected chi connectivity index (χ3v) is 4.44. The number of aliphatic hydroxyl groups excluding tert-OH is 1. The highest BCUT2D eigenvalue weighted by atomic mass is 79.9. The van der Waals surface area contributed by atoms with Gasteiger partial charge in [0.05, 0.1) is 6.10 Å². The molecule has 0 spiro atoms. The normalized spacial score (nSPS) is 13.0. The van der Waals surface area contributed by atoms with Gasteiger partial charge in [0.2, 0.25) is 0 Å². The monoisotopic (exact) mass is 355 g/mol. The Labute approximate surface area is 138 Å². The van der Waals surface area contributed by atoms with Crippen LogP contribution in [-0.2, 0) is 0 Å². The van der Waals surface area contributed by atoms with Crippen molar-refractivity contribution in [2.75, 3.05) is 18.0 Å². The van der Waals surface area contributed by atoms with Crippen molar-refractivity contribution in [3.8, 4) is 0 Å². The van der Waals surface area contributed by atoms with Crippen molar-refractivity contribution in [3.63, 3.8) is 0 Å². The molecule has 0 aliphatic heterocycles. The Hall–Kier alpha value is -0.540. The molecule has 1 aromatic carbocycles.